The summed E-state index contributed by atoms with van der Waals surface area (Å²) in [6.45, 7) is 12.1. The third-order valence-electron chi connectivity index (χ3n) is 5.28. The largest absolute Gasteiger partial charge is 0.480 e. The van der Waals surface area contributed by atoms with Crippen molar-refractivity contribution in [2.24, 2.45) is 0 Å². The predicted molar refractivity (Wildman–Crippen MR) is 116 cm³/mol. The number of carboxylic acids is 1. The first-order valence-electron chi connectivity index (χ1n) is 9.72. The van der Waals surface area contributed by atoms with Crippen LogP contribution in [0.25, 0.3) is 0 Å². The number of rotatable bonds is 7. The van der Waals surface area contributed by atoms with Crippen molar-refractivity contribution in [2.75, 3.05) is 7.05 Å². The van der Waals surface area contributed by atoms with E-state index in [9.17, 15) is 24.3 Å². The van der Waals surface area contributed by atoms with E-state index in [1.807, 2.05) is 41.5 Å². The summed E-state index contributed by atoms with van der Waals surface area (Å²) in [7, 11) is -1.47. The molecule has 2 amide bonds. The molecule has 4 N–H and O–H groups in total. The van der Waals surface area contributed by atoms with E-state index in [2.05, 4.69) is 10.6 Å². The number of amides is 2. The first-order valence-corrected chi connectivity index (χ1v) is 11.7. The van der Waals surface area contributed by atoms with Crippen molar-refractivity contribution in [3.63, 3.8) is 0 Å². The highest BCUT2D eigenvalue weighted by atomic mass is 28.4. The zero-order valence-corrected chi connectivity index (χ0v) is 19.4. The topological polar surface area (TPSA) is 116 Å². The van der Waals surface area contributed by atoms with E-state index in [1.165, 1.54) is 7.05 Å². The highest BCUT2D eigenvalue weighted by molar-refractivity contribution is 6.90. The van der Waals surface area contributed by atoms with E-state index in [1.54, 1.807) is 24.3 Å². The molecule has 0 aliphatic carbocycles. The fourth-order valence-electron chi connectivity index (χ4n) is 3.75. The molecule has 1 aromatic carbocycles. The Hall–Kier alpha value is -2.19. The molecule has 0 saturated carbocycles. The Morgan fingerprint density at radius 2 is 1.48 bits per heavy atom. The van der Waals surface area contributed by atoms with Gasteiger partial charge in [-0.25, -0.2) is 4.79 Å². The number of carbonyl (C=O) groups is 3. The molecular formula is C21H34N2O5Si. The highest BCUT2D eigenvalue weighted by Gasteiger charge is 2.53. The molecule has 0 saturated heterocycles. The summed E-state index contributed by atoms with van der Waals surface area (Å²) in [5.41, 5.74) is 0.305. The van der Waals surface area contributed by atoms with Crippen LogP contribution in [-0.4, -0.2) is 49.1 Å². The lowest BCUT2D eigenvalue weighted by molar-refractivity contribution is -0.139. The van der Waals surface area contributed by atoms with Crippen LogP contribution in [0.15, 0.2) is 24.3 Å². The second-order valence-corrected chi connectivity index (χ2v) is 14.4. The molecule has 7 nitrogen and oxygen atoms in total. The number of benzene rings is 1. The molecule has 0 spiro atoms. The molecule has 1 atom stereocenters. The van der Waals surface area contributed by atoms with Crippen molar-refractivity contribution in [2.45, 2.75) is 70.5 Å². The van der Waals surface area contributed by atoms with E-state index in [4.69, 9.17) is 0 Å². The van der Waals surface area contributed by atoms with Crippen molar-refractivity contribution in [1.82, 2.24) is 10.6 Å². The summed E-state index contributed by atoms with van der Waals surface area (Å²) >= 11 is 0. The predicted octanol–water partition coefficient (Wildman–Crippen LogP) is 2.14. The first kappa shape index (κ1) is 24.8. The van der Waals surface area contributed by atoms with Crippen LogP contribution in [0.3, 0.4) is 0 Å². The molecule has 0 aliphatic heterocycles. The van der Waals surface area contributed by atoms with Crippen molar-refractivity contribution in [1.29, 1.82) is 0 Å². The fourth-order valence-corrected chi connectivity index (χ4v) is 8.38. The molecule has 0 bridgehead atoms. The molecular weight excluding hydrogens is 388 g/mol. The van der Waals surface area contributed by atoms with Gasteiger partial charge in [-0.05, 0) is 33.8 Å². The van der Waals surface area contributed by atoms with Crippen molar-refractivity contribution in [3.8, 4) is 0 Å². The summed E-state index contributed by atoms with van der Waals surface area (Å²) in [6.07, 6.45) is 0.00201. The van der Waals surface area contributed by atoms with Crippen LogP contribution in [-0.2, 0) is 9.59 Å². The Kier molecular flexibility index (Phi) is 7.78. The van der Waals surface area contributed by atoms with Gasteiger partial charge in [0.2, 0.25) is 14.2 Å². The maximum atomic E-state index is 12.5. The summed E-state index contributed by atoms with van der Waals surface area (Å²) in [6, 6.07) is 5.58. The zero-order chi connectivity index (χ0) is 22.6. The average molecular weight is 423 g/mol. The minimum Gasteiger partial charge on any atom is -0.480 e. The van der Waals surface area contributed by atoms with Gasteiger partial charge in [0, 0.05) is 19.0 Å². The van der Waals surface area contributed by atoms with Crippen LogP contribution in [0.1, 0.15) is 64.7 Å². The van der Waals surface area contributed by atoms with Crippen molar-refractivity contribution in [3.05, 3.63) is 29.8 Å². The standard InChI is InChI=1S/C21H34N2O5Si/c1-20(2,3)29(28,21(4,5)6)15-10-8-14(9-11-15)18(25)23-16(19(26)27)12-13-17(24)22-7/h8-11,16,28H,12-13H2,1-7H3,(H,22,24)(H,23,25)(H,26,27)/t16-/m1/s1. The van der Waals surface area contributed by atoms with Gasteiger partial charge < -0.3 is 20.5 Å². The molecule has 8 heteroatoms. The maximum absolute atomic E-state index is 12.5. The normalized spacial score (nSPS) is 13.5. The molecule has 0 aromatic heterocycles. The molecule has 0 aliphatic rings. The molecule has 0 radical (unpaired) electrons. The minimum absolute atomic E-state index is 0.000453. The van der Waals surface area contributed by atoms with Crippen LogP contribution in [0.2, 0.25) is 10.1 Å². The van der Waals surface area contributed by atoms with Gasteiger partial charge >= 0.3 is 5.97 Å². The van der Waals surface area contributed by atoms with Gasteiger partial charge in [-0.3, -0.25) is 9.59 Å². The Labute approximate surface area is 174 Å². The zero-order valence-electron chi connectivity index (χ0n) is 18.4. The van der Waals surface area contributed by atoms with Gasteiger partial charge in [-0.1, -0.05) is 53.7 Å². The van der Waals surface area contributed by atoms with E-state index < -0.39 is 26.2 Å². The van der Waals surface area contributed by atoms with Crippen LogP contribution >= 0.6 is 0 Å². The van der Waals surface area contributed by atoms with E-state index >= 15 is 0 Å². The number of carboxylic acid groups (broad SMARTS) is 1. The van der Waals surface area contributed by atoms with Gasteiger partial charge in [0.1, 0.15) is 6.04 Å². The Balaban J connectivity index is 3.06. The van der Waals surface area contributed by atoms with E-state index in [0.29, 0.717) is 5.56 Å². The average Bonchev–Trinajstić information content (AvgIpc) is 2.61. The molecule has 1 aromatic rings. The third kappa shape index (κ3) is 5.67. The first-order chi connectivity index (χ1) is 13.1. The number of aliphatic carboxylic acids is 1. The van der Waals surface area contributed by atoms with Gasteiger partial charge in [0.25, 0.3) is 5.91 Å². The lowest BCUT2D eigenvalue weighted by Gasteiger charge is -2.47. The summed E-state index contributed by atoms with van der Waals surface area (Å²) < 4.78 is 0. The number of hydrogen-bond donors (Lipinski definition) is 4. The Morgan fingerprint density at radius 3 is 1.86 bits per heavy atom. The van der Waals surface area contributed by atoms with Crippen LogP contribution in [0.4, 0.5) is 0 Å². The second kappa shape index (κ2) is 9.09. The third-order valence-corrected chi connectivity index (χ3v) is 10.8. The monoisotopic (exact) mass is 422 g/mol. The number of nitrogens with one attached hydrogen (secondary N) is 2. The minimum atomic E-state index is -2.94. The number of carbonyl (C=O) groups excluding carboxylic acids is 2. The summed E-state index contributed by atoms with van der Waals surface area (Å²) in [4.78, 5) is 46.9. The second-order valence-electron chi connectivity index (χ2n) is 9.36. The lowest BCUT2D eigenvalue weighted by Crippen LogP contribution is -2.61. The van der Waals surface area contributed by atoms with Gasteiger partial charge in [0.05, 0.1) is 0 Å². The highest BCUT2D eigenvalue weighted by Crippen LogP contribution is 2.48. The molecule has 0 fully saturated rings. The van der Waals surface area contributed by atoms with Gasteiger partial charge in [0.15, 0.2) is 0 Å². The Morgan fingerprint density at radius 1 is 1.00 bits per heavy atom. The van der Waals surface area contributed by atoms with Crippen LogP contribution in [0.5, 0.6) is 0 Å². The fraction of sp³-hybridized carbons (Fsp3) is 0.571. The summed E-state index contributed by atoms with van der Waals surface area (Å²) in [5, 5.41) is 14.4. The smallest absolute Gasteiger partial charge is 0.326 e. The van der Waals surface area contributed by atoms with Crippen LogP contribution < -0.4 is 15.8 Å². The Bertz CT molecular complexity index is 734. The molecule has 1 rings (SSSR count). The number of hydrogen-bond acceptors (Lipinski definition) is 4. The maximum Gasteiger partial charge on any atom is 0.326 e. The molecule has 0 unspecified atom stereocenters. The quantitative estimate of drug-likeness (QED) is 0.503. The van der Waals surface area contributed by atoms with Crippen molar-refractivity contribution >= 4 is 31.3 Å². The van der Waals surface area contributed by atoms with E-state index in [-0.39, 0.29) is 28.8 Å². The molecule has 29 heavy (non-hydrogen) atoms. The molecule has 0 heterocycles. The van der Waals surface area contributed by atoms with Gasteiger partial charge in [-0.15, -0.1) is 0 Å². The lowest BCUT2D eigenvalue weighted by atomic mass is 10.1. The van der Waals surface area contributed by atoms with Gasteiger partial charge in [-0.2, -0.15) is 0 Å². The van der Waals surface area contributed by atoms with Crippen LogP contribution in [0, 0.1) is 0 Å². The van der Waals surface area contributed by atoms with Crippen molar-refractivity contribution < 1.29 is 24.3 Å². The van der Waals surface area contributed by atoms with E-state index in [0.717, 1.165) is 5.19 Å². The SMILES string of the molecule is CNC(=O)CC[C@@H](NC(=O)c1ccc([Si](O)(C(C)(C)C)C(C)(C)C)cc1)C(=O)O. The molecule has 162 valence electrons. The summed E-state index contributed by atoms with van der Waals surface area (Å²) in [5.74, 6) is -2.01.